The molecule has 1 aliphatic rings. The van der Waals surface area contributed by atoms with Gasteiger partial charge in [0.05, 0.1) is 12.3 Å². The predicted molar refractivity (Wildman–Crippen MR) is 99.9 cm³/mol. The van der Waals surface area contributed by atoms with Crippen LogP contribution in [0.2, 0.25) is 0 Å². The molecule has 1 aromatic heterocycles. The standard InChI is InChI=1S/C18H24N4O2S/c19-14-9-4-5-10-15(14)24-12-6-11-16(23)20-18-22-21-17(25-18)13-7-2-1-3-8-13/h4-5,9-10,13H,1-3,6-8,11-12,19H2,(H,20,22,23). The first-order valence-corrected chi connectivity index (χ1v) is 9.64. The Hall–Kier alpha value is -2.15. The summed E-state index contributed by atoms with van der Waals surface area (Å²) in [5.74, 6) is 1.11. The number of hydrogen-bond acceptors (Lipinski definition) is 6. The van der Waals surface area contributed by atoms with Crippen molar-refractivity contribution >= 4 is 28.1 Å². The third-order valence-electron chi connectivity index (χ3n) is 4.37. The minimum absolute atomic E-state index is 0.0593. The number of rotatable bonds is 7. The van der Waals surface area contributed by atoms with Crippen LogP contribution in [0.25, 0.3) is 0 Å². The third kappa shape index (κ3) is 5.16. The van der Waals surface area contributed by atoms with Gasteiger partial charge in [0, 0.05) is 12.3 Å². The molecule has 0 saturated heterocycles. The van der Waals surface area contributed by atoms with E-state index >= 15 is 0 Å². The molecule has 25 heavy (non-hydrogen) atoms. The number of carbonyl (C=O) groups is 1. The number of nitrogens with one attached hydrogen (secondary N) is 1. The number of nitrogen functional groups attached to an aromatic ring is 1. The molecule has 0 aliphatic heterocycles. The van der Waals surface area contributed by atoms with Crippen LogP contribution in [0.1, 0.15) is 55.9 Å². The van der Waals surface area contributed by atoms with Crippen LogP contribution in [0.4, 0.5) is 10.8 Å². The Labute approximate surface area is 151 Å². The van der Waals surface area contributed by atoms with Crippen LogP contribution >= 0.6 is 11.3 Å². The fourth-order valence-corrected chi connectivity index (χ4v) is 3.94. The van der Waals surface area contributed by atoms with E-state index in [1.54, 1.807) is 6.07 Å². The number of benzene rings is 1. The van der Waals surface area contributed by atoms with E-state index in [4.69, 9.17) is 10.5 Å². The van der Waals surface area contributed by atoms with Crippen LogP contribution in [-0.2, 0) is 4.79 Å². The summed E-state index contributed by atoms with van der Waals surface area (Å²) in [6.07, 6.45) is 7.20. The molecule has 0 radical (unpaired) electrons. The fraction of sp³-hybridized carbons (Fsp3) is 0.500. The second kappa shape index (κ2) is 8.80. The molecule has 0 unspecified atom stereocenters. The van der Waals surface area contributed by atoms with Gasteiger partial charge in [0.1, 0.15) is 10.8 Å². The van der Waals surface area contributed by atoms with Crippen LogP contribution in [0.3, 0.4) is 0 Å². The highest BCUT2D eigenvalue weighted by atomic mass is 32.1. The lowest BCUT2D eigenvalue weighted by Gasteiger charge is -2.18. The largest absolute Gasteiger partial charge is 0.491 e. The lowest BCUT2D eigenvalue weighted by Crippen LogP contribution is -2.12. The maximum Gasteiger partial charge on any atom is 0.226 e. The molecule has 1 amide bonds. The fourth-order valence-electron chi connectivity index (χ4n) is 3.01. The first-order valence-electron chi connectivity index (χ1n) is 8.83. The number of ether oxygens (including phenoxy) is 1. The molecular weight excluding hydrogens is 336 g/mol. The number of nitrogens with two attached hydrogens (primary N) is 1. The SMILES string of the molecule is Nc1ccccc1OCCCC(=O)Nc1nnc(C2CCCCC2)s1. The zero-order chi connectivity index (χ0) is 17.5. The Bertz CT molecular complexity index is 698. The van der Waals surface area contributed by atoms with Crippen molar-refractivity contribution in [2.75, 3.05) is 17.7 Å². The van der Waals surface area contributed by atoms with Crippen molar-refractivity contribution in [2.45, 2.75) is 50.9 Å². The average Bonchev–Trinajstić information content (AvgIpc) is 3.09. The van der Waals surface area contributed by atoms with Crippen molar-refractivity contribution in [3.05, 3.63) is 29.3 Å². The molecule has 3 N–H and O–H groups in total. The first kappa shape index (κ1) is 17.7. The Morgan fingerprint density at radius 2 is 2.04 bits per heavy atom. The summed E-state index contributed by atoms with van der Waals surface area (Å²) >= 11 is 1.50. The summed E-state index contributed by atoms with van der Waals surface area (Å²) in [6.45, 7) is 0.449. The summed E-state index contributed by atoms with van der Waals surface area (Å²) in [5, 5.41) is 12.8. The van der Waals surface area contributed by atoms with Gasteiger partial charge >= 0.3 is 0 Å². The van der Waals surface area contributed by atoms with Crippen molar-refractivity contribution in [3.8, 4) is 5.75 Å². The molecule has 3 rings (SSSR count). The Balaban J connectivity index is 1.39. The quantitative estimate of drug-likeness (QED) is 0.576. The molecule has 2 aromatic rings. The maximum absolute atomic E-state index is 12.0. The zero-order valence-electron chi connectivity index (χ0n) is 14.2. The van der Waals surface area contributed by atoms with Gasteiger partial charge in [-0.05, 0) is 31.4 Å². The lowest BCUT2D eigenvalue weighted by molar-refractivity contribution is -0.116. The molecule has 1 aromatic carbocycles. The summed E-state index contributed by atoms with van der Waals surface area (Å²) in [5.41, 5.74) is 6.42. The predicted octanol–water partition coefficient (Wildman–Crippen LogP) is 3.97. The lowest BCUT2D eigenvalue weighted by atomic mass is 9.90. The van der Waals surface area contributed by atoms with Crippen LogP contribution in [0.15, 0.2) is 24.3 Å². The van der Waals surface area contributed by atoms with E-state index < -0.39 is 0 Å². The van der Waals surface area contributed by atoms with E-state index in [-0.39, 0.29) is 5.91 Å². The van der Waals surface area contributed by atoms with Crippen LogP contribution < -0.4 is 15.8 Å². The average molecular weight is 360 g/mol. The van der Waals surface area contributed by atoms with Gasteiger partial charge in [-0.3, -0.25) is 4.79 Å². The van der Waals surface area contributed by atoms with E-state index in [1.807, 2.05) is 18.2 Å². The number of aromatic nitrogens is 2. The van der Waals surface area contributed by atoms with Gasteiger partial charge in [0.25, 0.3) is 0 Å². The highest BCUT2D eigenvalue weighted by molar-refractivity contribution is 7.15. The molecule has 1 fully saturated rings. The van der Waals surface area contributed by atoms with Gasteiger partial charge in [-0.25, -0.2) is 0 Å². The van der Waals surface area contributed by atoms with Gasteiger partial charge in [0.2, 0.25) is 11.0 Å². The van der Waals surface area contributed by atoms with Gasteiger partial charge in [-0.1, -0.05) is 42.7 Å². The summed E-state index contributed by atoms with van der Waals surface area (Å²) in [4.78, 5) is 12.0. The van der Waals surface area contributed by atoms with Crippen molar-refractivity contribution < 1.29 is 9.53 Å². The van der Waals surface area contributed by atoms with Crippen LogP contribution in [0.5, 0.6) is 5.75 Å². The van der Waals surface area contributed by atoms with E-state index in [0.717, 1.165) is 5.01 Å². The van der Waals surface area contributed by atoms with E-state index in [0.29, 0.717) is 41.9 Å². The van der Waals surface area contributed by atoms with Crippen LogP contribution in [0, 0.1) is 0 Å². The molecule has 7 heteroatoms. The first-order chi connectivity index (χ1) is 12.2. The van der Waals surface area contributed by atoms with E-state index in [9.17, 15) is 4.79 Å². The molecule has 1 heterocycles. The van der Waals surface area contributed by atoms with E-state index in [1.165, 1.54) is 43.4 Å². The van der Waals surface area contributed by atoms with Crippen molar-refractivity contribution in [2.24, 2.45) is 0 Å². The highest BCUT2D eigenvalue weighted by Crippen LogP contribution is 2.35. The normalized spacial score (nSPS) is 15.0. The number of nitrogens with zero attached hydrogens (tertiary/aromatic N) is 2. The van der Waals surface area contributed by atoms with Gasteiger partial charge in [0.15, 0.2) is 0 Å². The molecule has 1 saturated carbocycles. The minimum atomic E-state index is -0.0593. The molecular formula is C18H24N4O2S. The van der Waals surface area contributed by atoms with Crippen molar-refractivity contribution in [1.29, 1.82) is 0 Å². The molecule has 6 nitrogen and oxygen atoms in total. The number of hydrogen-bond donors (Lipinski definition) is 2. The number of amides is 1. The molecule has 1 aliphatic carbocycles. The Kier molecular flexibility index (Phi) is 6.22. The summed E-state index contributed by atoms with van der Waals surface area (Å²) in [7, 11) is 0. The monoisotopic (exact) mass is 360 g/mol. The zero-order valence-corrected chi connectivity index (χ0v) is 15.1. The topological polar surface area (TPSA) is 90.1 Å². The van der Waals surface area contributed by atoms with Gasteiger partial charge in [-0.2, -0.15) is 0 Å². The summed E-state index contributed by atoms with van der Waals surface area (Å²) < 4.78 is 5.59. The third-order valence-corrected chi connectivity index (χ3v) is 5.37. The highest BCUT2D eigenvalue weighted by Gasteiger charge is 2.20. The number of para-hydroxylation sites is 2. The second-order valence-corrected chi connectivity index (χ2v) is 7.33. The smallest absolute Gasteiger partial charge is 0.226 e. The summed E-state index contributed by atoms with van der Waals surface area (Å²) in [6, 6.07) is 7.35. The maximum atomic E-state index is 12.0. The Morgan fingerprint density at radius 1 is 1.24 bits per heavy atom. The van der Waals surface area contributed by atoms with Crippen LogP contribution in [-0.4, -0.2) is 22.7 Å². The van der Waals surface area contributed by atoms with Gasteiger partial charge < -0.3 is 15.8 Å². The molecule has 0 spiro atoms. The van der Waals surface area contributed by atoms with Crippen molar-refractivity contribution in [1.82, 2.24) is 10.2 Å². The van der Waals surface area contributed by atoms with E-state index in [2.05, 4.69) is 15.5 Å². The minimum Gasteiger partial charge on any atom is -0.491 e. The molecule has 0 atom stereocenters. The molecule has 0 bridgehead atoms. The number of anilines is 2. The van der Waals surface area contributed by atoms with Crippen molar-refractivity contribution in [3.63, 3.8) is 0 Å². The Morgan fingerprint density at radius 3 is 2.84 bits per heavy atom. The number of carbonyl (C=O) groups excluding carboxylic acids is 1. The second-order valence-electron chi connectivity index (χ2n) is 6.32. The van der Waals surface area contributed by atoms with Gasteiger partial charge in [-0.15, -0.1) is 10.2 Å². The molecule has 134 valence electrons.